The Hall–Kier alpha value is -4.43. The summed E-state index contributed by atoms with van der Waals surface area (Å²) in [5, 5.41) is 6.68. The van der Waals surface area contributed by atoms with Gasteiger partial charge in [0.25, 0.3) is 5.56 Å². The van der Waals surface area contributed by atoms with Crippen LogP contribution < -0.4 is 5.56 Å². The molecular formula is C33H23NO. The fourth-order valence-electron chi connectivity index (χ4n) is 5.73. The summed E-state index contributed by atoms with van der Waals surface area (Å²) >= 11 is 0. The highest BCUT2D eigenvalue weighted by Crippen LogP contribution is 2.44. The van der Waals surface area contributed by atoms with Gasteiger partial charge in [0.2, 0.25) is 0 Å². The Labute approximate surface area is 203 Å². The van der Waals surface area contributed by atoms with Crippen molar-refractivity contribution in [2.24, 2.45) is 0 Å². The van der Waals surface area contributed by atoms with Crippen LogP contribution in [0.4, 0.5) is 0 Å². The van der Waals surface area contributed by atoms with E-state index in [4.69, 9.17) is 0 Å². The number of nitrogens with one attached hydrogen (secondary N) is 1. The number of allylic oxidation sites excluding steroid dienone is 1. The molecule has 0 saturated heterocycles. The largest absolute Gasteiger partial charge is 0.325 e. The van der Waals surface area contributed by atoms with E-state index in [1.165, 1.54) is 38.2 Å². The molecule has 0 unspecified atom stereocenters. The van der Waals surface area contributed by atoms with Gasteiger partial charge in [-0.2, -0.15) is 0 Å². The van der Waals surface area contributed by atoms with Crippen LogP contribution in [0, 0.1) is 0 Å². The van der Waals surface area contributed by atoms with Crippen LogP contribution in [-0.4, -0.2) is 4.98 Å². The molecule has 0 fully saturated rings. The van der Waals surface area contributed by atoms with Crippen LogP contribution in [0.2, 0.25) is 0 Å². The number of rotatable bonds is 2. The molecule has 7 rings (SSSR count). The molecule has 0 radical (unpaired) electrons. The Morgan fingerprint density at radius 2 is 1.17 bits per heavy atom. The highest BCUT2D eigenvalue weighted by atomic mass is 16.1. The maximum absolute atomic E-state index is 12.8. The third kappa shape index (κ3) is 3.07. The van der Waals surface area contributed by atoms with Crippen molar-refractivity contribution in [3.63, 3.8) is 0 Å². The minimum atomic E-state index is -0.00487. The number of hydrogen-bond donors (Lipinski definition) is 1. The summed E-state index contributed by atoms with van der Waals surface area (Å²) in [7, 11) is 0. The zero-order chi connectivity index (χ0) is 23.4. The van der Waals surface area contributed by atoms with Crippen molar-refractivity contribution < 1.29 is 0 Å². The smallest absolute Gasteiger partial charge is 0.256 e. The molecule has 1 aromatic heterocycles. The van der Waals surface area contributed by atoms with Gasteiger partial charge in [0.1, 0.15) is 0 Å². The molecule has 35 heavy (non-hydrogen) atoms. The predicted molar refractivity (Wildman–Crippen MR) is 148 cm³/mol. The van der Waals surface area contributed by atoms with Crippen LogP contribution in [0.15, 0.2) is 108 Å². The van der Waals surface area contributed by atoms with E-state index in [0.717, 1.165) is 40.4 Å². The monoisotopic (exact) mass is 449 g/mol. The molecule has 6 aromatic rings. The summed E-state index contributed by atoms with van der Waals surface area (Å²) < 4.78 is 0. The maximum Gasteiger partial charge on any atom is 0.256 e. The maximum atomic E-state index is 12.8. The van der Waals surface area contributed by atoms with E-state index >= 15 is 0 Å². The van der Waals surface area contributed by atoms with Gasteiger partial charge in [0, 0.05) is 16.6 Å². The van der Waals surface area contributed by atoms with Crippen molar-refractivity contribution in [3.8, 4) is 22.3 Å². The first-order chi connectivity index (χ1) is 17.3. The molecule has 1 aliphatic rings. The van der Waals surface area contributed by atoms with E-state index in [9.17, 15) is 4.79 Å². The average Bonchev–Trinajstić information content (AvgIpc) is 2.92. The van der Waals surface area contributed by atoms with Crippen molar-refractivity contribution in [3.05, 3.63) is 125 Å². The molecule has 0 bridgehead atoms. The second-order valence-corrected chi connectivity index (χ2v) is 9.25. The van der Waals surface area contributed by atoms with Gasteiger partial charge in [-0.3, -0.25) is 4.79 Å². The van der Waals surface area contributed by atoms with E-state index in [1.54, 1.807) is 0 Å². The Kier molecular flexibility index (Phi) is 4.46. The molecule has 1 heterocycles. The molecule has 0 amide bonds. The standard InChI is InChI=1S/C33H23NO/c35-33-28-19-18-22(20-29(28)23-12-8-9-17-30(23)34-33)32-26-15-6-4-13-24(26)31(21-10-2-1-3-11-21)25-14-5-7-16-27(25)32/h1-8,10-16,18-20H,9,17H2,(H,34,35). The zero-order valence-electron chi connectivity index (χ0n) is 19.2. The Morgan fingerprint density at radius 3 is 1.83 bits per heavy atom. The van der Waals surface area contributed by atoms with Crippen LogP contribution in [0.5, 0.6) is 0 Å². The van der Waals surface area contributed by atoms with Crippen molar-refractivity contribution in [1.82, 2.24) is 4.98 Å². The number of aromatic amines is 1. The lowest BCUT2D eigenvalue weighted by atomic mass is 9.85. The van der Waals surface area contributed by atoms with Gasteiger partial charge in [0.15, 0.2) is 0 Å². The van der Waals surface area contributed by atoms with Crippen LogP contribution in [0.25, 0.3) is 60.6 Å². The molecule has 0 saturated carbocycles. The van der Waals surface area contributed by atoms with Gasteiger partial charge in [-0.15, -0.1) is 0 Å². The first kappa shape index (κ1) is 20.0. The fraction of sp³-hybridized carbons (Fsp3) is 0.0606. The third-order valence-electron chi connectivity index (χ3n) is 7.27. The predicted octanol–water partition coefficient (Wildman–Crippen LogP) is 8.13. The highest BCUT2D eigenvalue weighted by Gasteiger charge is 2.18. The Morgan fingerprint density at radius 1 is 0.571 bits per heavy atom. The SMILES string of the molecule is O=c1[nH]c2c(c3cc(-c4c5ccccc5c(-c5ccccc5)c5ccccc45)ccc13)C=CCC2. The van der Waals surface area contributed by atoms with Crippen LogP contribution in [-0.2, 0) is 6.42 Å². The van der Waals surface area contributed by atoms with Gasteiger partial charge in [-0.1, -0.05) is 97.1 Å². The number of benzene rings is 5. The van der Waals surface area contributed by atoms with Crippen LogP contribution >= 0.6 is 0 Å². The second kappa shape index (κ2) is 7.82. The van der Waals surface area contributed by atoms with E-state index in [1.807, 2.05) is 6.07 Å². The number of aryl methyl sites for hydroxylation is 1. The molecule has 1 aliphatic carbocycles. The van der Waals surface area contributed by atoms with Gasteiger partial charge in [-0.05, 0) is 74.2 Å². The van der Waals surface area contributed by atoms with Gasteiger partial charge in [-0.25, -0.2) is 0 Å². The fourth-order valence-corrected chi connectivity index (χ4v) is 5.73. The zero-order valence-corrected chi connectivity index (χ0v) is 19.2. The average molecular weight is 450 g/mol. The first-order valence-electron chi connectivity index (χ1n) is 12.1. The first-order valence-corrected chi connectivity index (χ1v) is 12.1. The van der Waals surface area contributed by atoms with E-state index in [0.29, 0.717) is 0 Å². The topological polar surface area (TPSA) is 32.9 Å². The summed E-state index contributed by atoms with van der Waals surface area (Å²) in [6.07, 6.45) is 6.20. The molecule has 0 aliphatic heterocycles. The van der Waals surface area contributed by atoms with Gasteiger partial charge in [0.05, 0.1) is 0 Å². The van der Waals surface area contributed by atoms with Crippen molar-refractivity contribution in [1.29, 1.82) is 0 Å². The lowest BCUT2D eigenvalue weighted by molar-refractivity contribution is 0.923. The molecule has 0 spiro atoms. The third-order valence-corrected chi connectivity index (χ3v) is 7.27. The highest BCUT2D eigenvalue weighted by molar-refractivity contribution is 6.21. The van der Waals surface area contributed by atoms with E-state index < -0.39 is 0 Å². The summed E-state index contributed by atoms with van der Waals surface area (Å²) in [6, 6.07) is 34.3. The number of pyridine rings is 1. The number of aromatic nitrogens is 1. The van der Waals surface area contributed by atoms with Crippen LogP contribution in [0.1, 0.15) is 17.7 Å². The van der Waals surface area contributed by atoms with E-state index in [2.05, 4.69) is 108 Å². The van der Waals surface area contributed by atoms with Gasteiger partial charge < -0.3 is 4.98 Å². The summed E-state index contributed by atoms with van der Waals surface area (Å²) in [6.45, 7) is 0. The summed E-state index contributed by atoms with van der Waals surface area (Å²) in [5.74, 6) is 0. The number of H-pyrrole nitrogens is 1. The second-order valence-electron chi connectivity index (χ2n) is 9.25. The quantitative estimate of drug-likeness (QED) is 0.266. The van der Waals surface area contributed by atoms with Crippen molar-refractivity contribution >= 4 is 38.4 Å². The molecule has 1 N–H and O–H groups in total. The van der Waals surface area contributed by atoms with Crippen LogP contribution in [0.3, 0.4) is 0 Å². The lowest BCUT2D eigenvalue weighted by Crippen LogP contribution is -2.13. The molecule has 2 heteroatoms. The van der Waals surface area contributed by atoms with E-state index in [-0.39, 0.29) is 5.56 Å². The minimum absolute atomic E-state index is 0.00487. The lowest BCUT2D eigenvalue weighted by Gasteiger charge is -2.18. The molecule has 166 valence electrons. The number of hydrogen-bond acceptors (Lipinski definition) is 1. The minimum Gasteiger partial charge on any atom is -0.325 e. The summed E-state index contributed by atoms with van der Waals surface area (Å²) in [5.41, 5.74) is 7.00. The molecular weight excluding hydrogens is 426 g/mol. The molecule has 5 aromatic carbocycles. The Balaban J connectivity index is 1.62. The normalized spacial score (nSPS) is 12.9. The van der Waals surface area contributed by atoms with Crippen molar-refractivity contribution in [2.75, 3.05) is 0 Å². The molecule has 0 atom stereocenters. The van der Waals surface area contributed by atoms with Crippen molar-refractivity contribution in [2.45, 2.75) is 12.8 Å². The number of fused-ring (bicyclic) bond motifs is 5. The van der Waals surface area contributed by atoms with Gasteiger partial charge >= 0.3 is 0 Å². The Bertz CT molecular complexity index is 1800. The summed E-state index contributed by atoms with van der Waals surface area (Å²) in [4.78, 5) is 16.0. The molecule has 2 nitrogen and oxygen atoms in total.